The van der Waals surface area contributed by atoms with Crippen molar-refractivity contribution in [3.05, 3.63) is 52.1 Å². The van der Waals surface area contributed by atoms with E-state index in [9.17, 15) is 4.79 Å². The quantitative estimate of drug-likeness (QED) is 0.887. The van der Waals surface area contributed by atoms with Crippen LogP contribution in [0.5, 0.6) is 5.75 Å². The van der Waals surface area contributed by atoms with Crippen molar-refractivity contribution < 1.29 is 9.53 Å². The van der Waals surface area contributed by atoms with Crippen molar-refractivity contribution in [2.75, 3.05) is 26.1 Å². The second-order valence-electron chi connectivity index (χ2n) is 4.95. The van der Waals surface area contributed by atoms with Gasteiger partial charge in [-0.25, -0.2) is 4.98 Å². The maximum atomic E-state index is 12.2. The summed E-state index contributed by atoms with van der Waals surface area (Å²) in [6.45, 7) is 0.445. The van der Waals surface area contributed by atoms with Gasteiger partial charge >= 0.3 is 0 Å². The van der Waals surface area contributed by atoms with Crippen molar-refractivity contribution in [1.29, 1.82) is 0 Å². The van der Waals surface area contributed by atoms with Crippen LogP contribution < -0.4 is 15.0 Å². The van der Waals surface area contributed by atoms with Gasteiger partial charge < -0.3 is 15.0 Å². The molecule has 116 valence electrons. The predicted molar refractivity (Wildman–Crippen MR) is 90.4 cm³/mol. The number of aromatic nitrogens is 1. The van der Waals surface area contributed by atoms with E-state index in [4.69, 9.17) is 4.74 Å². The number of benzene rings is 1. The van der Waals surface area contributed by atoms with Gasteiger partial charge in [0.2, 0.25) is 0 Å². The minimum Gasteiger partial charge on any atom is -0.496 e. The molecule has 1 aromatic carbocycles. The summed E-state index contributed by atoms with van der Waals surface area (Å²) in [6.07, 6.45) is 1.63. The van der Waals surface area contributed by atoms with Crippen LogP contribution in [0, 0.1) is 0 Å². The van der Waals surface area contributed by atoms with Gasteiger partial charge in [-0.3, -0.25) is 4.79 Å². The molecule has 22 heavy (non-hydrogen) atoms. The van der Waals surface area contributed by atoms with Crippen molar-refractivity contribution in [1.82, 2.24) is 10.3 Å². The van der Waals surface area contributed by atoms with Gasteiger partial charge in [-0.15, -0.1) is 0 Å². The maximum absolute atomic E-state index is 12.2. The van der Waals surface area contributed by atoms with E-state index in [2.05, 4.69) is 26.2 Å². The molecule has 0 aliphatic carbocycles. The Balaban J connectivity index is 2.03. The molecule has 2 rings (SSSR count). The van der Waals surface area contributed by atoms with Gasteiger partial charge in [-0.1, -0.05) is 6.07 Å². The second-order valence-corrected chi connectivity index (χ2v) is 5.80. The molecule has 6 heteroatoms. The Kier molecular flexibility index (Phi) is 5.38. The molecule has 5 nitrogen and oxygen atoms in total. The SMILES string of the molecule is COc1ccc(CNC(=O)c2ccnc(N(C)C)c2)cc1Br. The number of anilines is 1. The van der Waals surface area contributed by atoms with Crippen LogP contribution in [0.2, 0.25) is 0 Å². The van der Waals surface area contributed by atoms with Gasteiger partial charge in [0.15, 0.2) is 0 Å². The van der Waals surface area contributed by atoms with Gasteiger partial charge in [-0.05, 0) is 45.8 Å². The molecule has 0 bridgehead atoms. The first-order valence-electron chi connectivity index (χ1n) is 6.75. The molecule has 0 fully saturated rings. The summed E-state index contributed by atoms with van der Waals surface area (Å²) >= 11 is 3.43. The maximum Gasteiger partial charge on any atom is 0.251 e. The fourth-order valence-corrected chi connectivity index (χ4v) is 2.50. The van der Waals surface area contributed by atoms with Crippen molar-refractivity contribution in [2.45, 2.75) is 6.54 Å². The fourth-order valence-electron chi connectivity index (χ4n) is 1.91. The number of halogens is 1. The van der Waals surface area contributed by atoms with Crippen molar-refractivity contribution in [2.24, 2.45) is 0 Å². The Morgan fingerprint density at radius 3 is 2.73 bits per heavy atom. The van der Waals surface area contributed by atoms with Crippen LogP contribution in [-0.2, 0) is 6.54 Å². The Morgan fingerprint density at radius 2 is 2.09 bits per heavy atom. The van der Waals surface area contributed by atoms with E-state index in [0.717, 1.165) is 21.6 Å². The lowest BCUT2D eigenvalue weighted by molar-refractivity contribution is 0.0951. The highest BCUT2D eigenvalue weighted by Crippen LogP contribution is 2.25. The van der Waals surface area contributed by atoms with Crippen LogP contribution in [0.25, 0.3) is 0 Å². The lowest BCUT2D eigenvalue weighted by Crippen LogP contribution is -2.23. The molecule has 0 radical (unpaired) electrons. The van der Waals surface area contributed by atoms with Crippen LogP contribution in [0.4, 0.5) is 5.82 Å². The largest absolute Gasteiger partial charge is 0.496 e. The van der Waals surface area contributed by atoms with Crippen molar-refractivity contribution in [3.63, 3.8) is 0 Å². The van der Waals surface area contributed by atoms with Crippen LogP contribution in [0.3, 0.4) is 0 Å². The van der Waals surface area contributed by atoms with E-state index >= 15 is 0 Å². The molecular weight excluding hydrogens is 346 g/mol. The summed E-state index contributed by atoms with van der Waals surface area (Å²) in [5.74, 6) is 1.39. The first-order chi connectivity index (χ1) is 10.5. The summed E-state index contributed by atoms with van der Waals surface area (Å²) in [7, 11) is 5.39. The van der Waals surface area contributed by atoms with E-state index in [-0.39, 0.29) is 5.91 Å². The van der Waals surface area contributed by atoms with Crippen LogP contribution in [0.1, 0.15) is 15.9 Å². The Hall–Kier alpha value is -2.08. The van der Waals surface area contributed by atoms with Gasteiger partial charge in [0.25, 0.3) is 5.91 Å². The van der Waals surface area contributed by atoms with E-state index in [1.165, 1.54) is 0 Å². The summed E-state index contributed by atoms with van der Waals surface area (Å²) in [4.78, 5) is 18.3. The number of hydrogen-bond donors (Lipinski definition) is 1. The first-order valence-corrected chi connectivity index (χ1v) is 7.54. The lowest BCUT2D eigenvalue weighted by Gasteiger charge is -2.12. The average Bonchev–Trinajstić information content (AvgIpc) is 2.52. The zero-order valence-electron chi connectivity index (χ0n) is 12.8. The third kappa shape index (κ3) is 3.98. The number of amides is 1. The van der Waals surface area contributed by atoms with Crippen molar-refractivity contribution in [3.8, 4) is 5.75 Å². The van der Waals surface area contributed by atoms with E-state index < -0.39 is 0 Å². The number of methoxy groups -OCH3 is 1. The number of carbonyl (C=O) groups excluding carboxylic acids is 1. The molecule has 1 aromatic heterocycles. The molecule has 0 saturated heterocycles. The Morgan fingerprint density at radius 1 is 1.32 bits per heavy atom. The Bertz CT molecular complexity index is 674. The van der Waals surface area contributed by atoms with E-state index in [1.54, 1.807) is 25.4 Å². The number of nitrogens with one attached hydrogen (secondary N) is 1. The van der Waals surface area contributed by atoms with E-state index in [0.29, 0.717) is 12.1 Å². The van der Waals surface area contributed by atoms with Gasteiger partial charge in [0.1, 0.15) is 11.6 Å². The highest BCUT2D eigenvalue weighted by molar-refractivity contribution is 9.10. The molecule has 1 N–H and O–H groups in total. The molecule has 1 amide bonds. The smallest absolute Gasteiger partial charge is 0.251 e. The second kappa shape index (κ2) is 7.26. The molecule has 1 heterocycles. The normalized spacial score (nSPS) is 10.2. The number of nitrogens with zero attached hydrogens (tertiary/aromatic N) is 2. The third-order valence-electron chi connectivity index (χ3n) is 3.14. The minimum atomic E-state index is -0.127. The van der Waals surface area contributed by atoms with E-state index in [1.807, 2.05) is 37.2 Å². The molecule has 0 atom stereocenters. The molecule has 0 spiro atoms. The highest BCUT2D eigenvalue weighted by atomic mass is 79.9. The zero-order chi connectivity index (χ0) is 16.1. The summed E-state index contributed by atoms with van der Waals surface area (Å²) < 4.78 is 6.05. The molecule has 0 unspecified atom stereocenters. The number of hydrogen-bond acceptors (Lipinski definition) is 4. The van der Waals surface area contributed by atoms with Crippen molar-refractivity contribution >= 4 is 27.7 Å². The number of pyridine rings is 1. The molecule has 0 aliphatic heterocycles. The van der Waals surface area contributed by atoms with Gasteiger partial charge in [0, 0.05) is 32.4 Å². The summed E-state index contributed by atoms with van der Waals surface area (Å²) in [5.41, 5.74) is 1.58. The van der Waals surface area contributed by atoms with Gasteiger partial charge in [-0.2, -0.15) is 0 Å². The van der Waals surface area contributed by atoms with Crippen LogP contribution >= 0.6 is 15.9 Å². The number of rotatable bonds is 5. The highest BCUT2D eigenvalue weighted by Gasteiger charge is 2.08. The lowest BCUT2D eigenvalue weighted by atomic mass is 10.2. The van der Waals surface area contributed by atoms with Crippen LogP contribution in [-0.4, -0.2) is 32.1 Å². The molecule has 0 saturated carbocycles. The standard InChI is InChI=1S/C16H18BrN3O2/c1-20(2)15-9-12(6-7-18-15)16(21)19-10-11-4-5-14(22-3)13(17)8-11/h4-9H,10H2,1-3H3,(H,19,21). The summed E-state index contributed by atoms with van der Waals surface area (Å²) in [5, 5.41) is 2.90. The Labute approximate surface area is 138 Å². The third-order valence-corrected chi connectivity index (χ3v) is 3.75. The zero-order valence-corrected chi connectivity index (χ0v) is 14.3. The minimum absolute atomic E-state index is 0.127. The molecule has 0 aliphatic rings. The first kappa shape index (κ1) is 16.3. The number of carbonyl (C=O) groups is 1. The molecular formula is C16H18BrN3O2. The monoisotopic (exact) mass is 363 g/mol. The summed E-state index contributed by atoms with van der Waals surface area (Å²) in [6, 6.07) is 9.17. The topological polar surface area (TPSA) is 54.5 Å². The van der Waals surface area contributed by atoms with Gasteiger partial charge in [0.05, 0.1) is 11.6 Å². The fraction of sp³-hybridized carbons (Fsp3) is 0.250. The number of ether oxygens (including phenoxy) is 1. The average molecular weight is 364 g/mol. The predicted octanol–water partition coefficient (Wildman–Crippen LogP) is 2.85. The van der Waals surface area contributed by atoms with Crippen LogP contribution in [0.15, 0.2) is 41.0 Å². The molecule has 2 aromatic rings.